The number of aromatic nitrogens is 2. The summed E-state index contributed by atoms with van der Waals surface area (Å²) in [5.74, 6) is 0.674. The summed E-state index contributed by atoms with van der Waals surface area (Å²) >= 11 is 0. The molecule has 0 amide bonds. The molecule has 0 radical (unpaired) electrons. The molecule has 0 saturated heterocycles. The minimum Gasteiger partial charge on any atom is -0.490 e. The number of rotatable bonds is 10. The molecule has 0 aliphatic heterocycles. The van der Waals surface area contributed by atoms with Crippen LogP contribution >= 0.6 is 0 Å². The van der Waals surface area contributed by atoms with Crippen LogP contribution in [0.5, 0.6) is 5.75 Å². The molecule has 0 bridgehead atoms. The standard InChI is InChI=1S/C20H29N3O5S/c1-14(2)13-23-16(4)19(15(3)22-23)9-10-20(24)28-12-11-27-17-5-7-18(8-6-17)29(21,25)26/h5-8,14H,9-13H2,1-4H3,(H2,21,25,26). The van der Waals surface area contributed by atoms with E-state index in [-0.39, 0.29) is 30.5 Å². The number of hydrogen-bond acceptors (Lipinski definition) is 6. The molecule has 29 heavy (non-hydrogen) atoms. The van der Waals surface area contributed by atoms with Crippen LogP contribution in [0, 0.1) is 19.8 Å². The van der Waals surface area contributed by atoms with Crippen molar-refractivity contribution in [2.24, 2.45) is 11.1 Å². The van der Waals surface area contributed by atoms with E-state index in [0.717, 1.165) is 23.5 Å². The van der Waals surface area contributed by atoms with Crippen molar-refractivity contribution < 1.29 is 22.7 Å². The van der Waals surface area contributed by atoms with Crippen molar-refractivity contribution in [3.8, 4) is 5.75 Å². The van der Waals surface area contributed by atoms with E-state index in [9.17, 15) is 13.2 Å². The van der Waals surface area contributed by atoms with Gasteiger partial charge in [-0.05, 0) is 56.0 Å². The zero-order chi connectivity index (χ0) is 21.6. The largest absolute Gasteiger partial charge is 0.490 e. The fourth-order valence-corrected chi connectivity index (χ4v) is 3.47. The second-order valence-electron chi connectivity index (χ2n) is 7.31. The molecule has 0 unspecified atom stereocenters. The smallest absolute Gasteiger partial charge is 0.306 e. The second kappa shape index (κ2) is 9.89. The summed E-state index contributed by atoms with van der Waals surface area (Å²) < 4.78 is 35.1. The Balaban J connectivity index is 1.75. The number of sulfonamides is 1. The summed E-state index contributed by atoms with van der Waals surface area (Å²) in [4.78, 5) is 12.0. The van der Waals surface area contributed by atoms with Crippen LogP contribution in [0.25, 0.3) is 0 Å². The molecule has 2 aromatic rings. The Labute approximate surface area is 172 Å². The first kappa shape index (κ1) is 22.9. The van der Waals surface area contributed by atoms with E-state index in [1.807, 2.05) is 18.5 Å². The molecule has 2 rings (SSSR count). The van der Waals surface area contributed by atoms with Crippen LogP contribution in [0.3, 0.4) is 0 Å². The van der Waals surface area contributed by atoms with E-state index in [1.165, 1.54) is 24.3 Å². The van der Waals surface area contributed by atoms with Crippen molar-refractivity contribution in [3.05, 3.63) is 41.2 Å². The van der Waals surface area contributed by atoms with Gasteiger partial charge >= 0.3 is 5.97 Å². The van der Waals surface area contributed by atoms with Gasteiger partial charge < -0.3 is 9.47 Å². The molecule has 0 fully saturated rings. The first-order chi connectivity index (χ1) is 13.6. The number of carbonyl (C=O) groups is 1. The third-order valence-corrected chi connectivity index (χ3v) is 5.35. The number of primary sulfonamides is 1. The summed E-state index contributed by atoms with van der Waals surface area (Å²) in [6, 6.07) is 5.73. The van der Waals surface area contributed by atoms with Gasteiger partial charge in [-0.25, -0.2) is 13.6 Å². The summed E-state index contributed by atoms with van der Waals surface area (Å²) in [7, 11) is -3.73. The second-order valence-corrected chi connectivity index (χ2v) is 8.87. The van der Waals surface area contributed by atoms with Crippen LogP contribution in [0.15, 0.2) is 29.2 Å². The molecule has 0 saturated carbocycles. The lowest BCUT2D eigenvalue weighted by molar-refractivity contribution is -0.144. The van der Waals surface area contributed by atoms with Crippen molar-refractivity contribution in [1.82, 2.24) is 9.78 Å². The third kappa shape index (κ3) is 6.86. The molecular weight excluding hydrogens is 394 g/mol. The maximum atomic E-state index is 12.0. The Morgan fingerprint density at radius 3 is 2.41 bits per heavy atom. The average molecular weight is 424 g/mol. The number of aryl methyl sites for hydroxylation is 1. The molecule has 2 N–H and O–H groups in total. The minimum atomic E-state index is -3.73. The summed E-state index contributed by atoms with van der Waals surface area (Å²) in [5.41, 5.74) is 3.13. The molecular formula is C20H29N3O5S. The van der Waals surface area contributed by atoms with Gasteiger partial charge in [0, 0.05) is 18.7 Å². The van der Waals surface area contributed by atoms with Crippen molar-refractivity contribution in [2.45, 2.75) is 52.0 Å². The third-order valence-electron chi connectivity index (χ3n) is 4.42. The van der Waals surface area contributed by atoms with Crippen molar-refractivity contribution in [2.75, 3.05) is 13.2 Å². The number of carbonyl (C=O) groups excluding carboxylic acids is 1. The number of nitrogens with two attached hydrogens (primary N) is 1. The fraction of sp³-hybridized carbons (Fsp3) is 0.500. The van der Waals surface area contributed by atoms with E-state index >= 15 is 0 Å². The van der Waals surface area contributed by atoms with Gasteiger partial charge in [0.25, 0.3) is 0 Å². The fourth-order valence-electron chi connectivity index (χ4n) is 2.96. The number of hydrogen-bond donors (Lipinski definition) is 1. The molecule has 1 aromatic heterocycles. The summed E-state index contributed by atoms with van der Waals surface area (Å²) in [6.07, 6.45) is 0.864. The molecule has 0 aliphatic carbocycles. The molecule has 160 valence electrons. The molecule has 1 heterocycles. The van der Waals surface area contributed by atoms with E-state index in [2.05, 4.69) is 18.9 Å². The maximum Gasteiger partial charge on any atom is 0.306 e. The number of esters is 1. The predicted molar refractivity (Wildman–Crippen MR) is 109 cm³/mol. The monoisotopic (exact) mass is 423 g/mol. The highest BCUT2D eigenvalue weighted by Crippen LogP contribution is 2.17. The normalized spacial score (nSPS) is 11.7. The topological polar surface area (TPSA) is 114 Å². The number of nitrogens with zero attached hydrogens (tertiary/aromatic N) is 2. The highest BCUT2D eigenvalue weighted by atomic mass is 32.2. The van der Waals surface area contributed by atoms with Crippen LogP contribution in [0.4, 0.5) is 0 Å². The molecule has 1 aromatic carbocycles. The van der Waals surface area contributed by atoms with Crippen molar-refractivity contribution >= 4 is 16.0 Å². The van der Waals surface area contributed by atoms with E-state index in [1.54, 1.807) is 0 Å². The lowest BCUT2D eigenvalue weighted by atomic mass is 10.1. The van der Waals surface area contributed by atoms with Crippen molar-refractivity contribution in [1.29, 1.82) is 0 Å². The van der Waals surface area contributed by atoms with Gasteiger partial charge in [0.05, 0.1) is 10.6 Å². The number of benzene rings is 1. The highest BCUT2D eigenvalue weighted by molar-refractivity contribution is 7.89. The van der Waals surface area contributed by atoms with Crippen molar-refractivity contribution in [3.63, 3.8) is 0 Å². The van der Waals surface area contributed by atoms with E-state index in [4.69, 9.17) is 14.6 Å². The Hall–Kier alpha value is -2.39. The molecule has 0 atom stereocenters. The molecule has 9 heteroatoms. The number of ether oxygens (including phenoxy) is 2. The van der Waals surface area contributed by atoms with Crippen LogP contribution in [0.2, 0.25) is 0 Å². The Morgan fingerprint density at radius 2 is 1.83 bits per heavy atom. The zero-order valence-electron chi connectivity index (χ0n) is 17.3. The van der Waals surface area contributed by atoms with Gasteiger partial charge in [-0.1, -0.05) is 13.8 Å². The average Bonchev–Trinajstić information content (AvgIpc) is 2.89. The van der Waals surface area contributed by atoms with E-state index in [0.29, 0.717) is 18.1 Å². The summed E-state index contributed by atoms with van der Waals surface area (Å²) in [6.45, 7) is 9.41. The summed E-state index contributed by atoms with van der Waals surface area (Å²) in [5, 5.41) is 9.60. The van der Waals surface area contributed by atoms with Gasteiger partial charge in [-0.3, -0.25) is 9.48 Å². The highest BCUT2D eigenvalue weighted by Gasteiger charge is 2.14. The quantitative estimate of drug-likeness (QED) is 0.463. The predicted octanol–water partition coefficient (Wildman–Crippen LogP) is 2.36. The zero-order valence-corrected chi connectivity index (χ0v) is 18.2. The van der Waals surface area contributed by atoms with Gasteiger partial charge in [0.15, 0.2) is 0 Å². The van der Waals surface area contributed by atoms with Gasteiger partial charge in [0.1, 0.15) is 19.0 Å². The van der Waals surface area contributed by atoms with E-state index < -0.39 is 10.0 Å². The Kier molecular flexibility index (Phi) is 7.80. The van der Waals surface area contributed by atoms with Crippen LogP contribution in [0.1, 0.15) is 37.2 Å². The minimum absolute atomic E-state index is 0.0126. The van der Waals surface area contributed by atoms with Crippen LogP contribution in [-0.2, 0) is 32.5 Å². The lowest BCUT2D eigenvalue weighted by Gasteiger charge is -2.09. The first-order valence-electron chi connectivity index (χ1n) is 9.52. The SMILES string of the molecule is Cc1nn(CC(C)C)c(C)c1CCC(=O)OCCOc1ccc(S(N)(=O)=O)cc1. The maximum absolute atomic E-state index is 12.0. The lowest BCUT2D eigenvalue weighted by Crippen LogP contribution is -2.13. The van der Waals surface area contributed by atoms with Crippen LogP contribution < -0.4 is 9.88 Å². The molecule has 8 nitrogen and oxygen atoms in total. The Morgan fingerprint density at radius 1 is 1.17 bits per heavy atom. The molecule has 0 aliphatic rings. The van der Waals surface area contributed by atoms with Gasteiger partial charge in [-0.2, -0.15) is 5.10 Å². The van der Waals surface area contributed by atoms with Gasteiger partial charge in [0.2, 0.25) is 10.0 Å². The molecule has 0 spiro atoms. The Bertz CT molecular complexity index is 934. The van der Waals surface area contributed by atoms with Crippen LogP contribution in [-0.4, -0.2) is 37.4 Å². The first-order valence-corrected chi connectivity index (χ1v) is 11.1. The van der Waals surface area contributed by atoms with Gasteiger partial charge in [-0.15, -0.1) is 0 Å².